The monoisotopic (exact) mass is 356 g/mol. The maximum atomic E-state index is 5.52. The molecule has 24 heavy (non-hydrogen) atoms. The second-order valence-electron chi connectivity index (χ2n) is 6.04. The highest BCUT2D eigenvalue weighted by Gasteiger charge is 2.26. The van der Waals surface area contributed by atoms with E-state index in [1.54, 1.807) is 0 Å². The van der Waals surface area contributed by atoms with E-state index in [-0.39, 0.29) is 0 Å². The van der Waals surface area contributed by atoms with Gasteiger partial charge in [0.05, 0.1) is 13.2 Å². The standard InChI is InChI=1S/C18H36N4OS/c1-5-13-24-14-8-20-18(19-4)21-15-17(16(6-2)7-3)22-9-11-23-12-10-22/h5,16-17H,1,6-15H2,2-4H3,(H2,19,20,21). The van der Waals surface area contributed by atoms with Gasteiger partial charge in [-0.05, 0) is 5.92 Å². The van der Waals surface area contributed by atoms with Crippen LogP contribution in [0.5, 0.6) is 0 Å². The van der Waals surface area contributed by atoms with Crippen LogP contribution in [0.1, 0.15) is 26.7 Å². The minimum atomic E-state index is 0.539. The lowest BCUT2D eigenvalue weighted by molar-refractivity contribution is 0.00272. The number of morpholine rings is 1. The van der Waals surface area contributed by atoms with Crippen molar-refractivity contribution in [3.05, 3.63) is 12.7 Å². The number of nitrogens with zero attached hydrogens (tertiary/aromatic N) is 2. The van der Waals surface area contributed by atoms with Crippen molar-refractivity contribution < 1.29 is 4.74 Å². The maximum Gasteiger partial charge on any atom is 0.191 e. The summed E-state index contributed by atoms with van der Waals surface area (Å²) in [7, 11) is 1.84. The molecule has 0 saturated carbocycles. The van der Waals surface area contributed by atoms with Crippen LogP contribution in [0.3, 0.4) is 0 Å². The molecule has 1 unspecified atom stereocenters. The molecule has 6 heteroatoms. The van der Waals surface area contributed by atoms with E-state index in [1.807, 2.05) is 24.9 Å². The summed E-state index contributed by atoms with van der Waals surface area (Å²) in [5.74, 6) is 3.67. The average Bonchev–Trinajstić information content (AvgIpc) is 2.63. The molecular formula is C18H36N4OS. The first-order valence-corrected chi connectivity index (χ1v) is 10.4. The maximum absolute atomic E-state index is 5.52. The Morgan fingerprint density at radius 2 is 2.00 bits per heavy atom. The minimum Gasteiger partial charge on any atom is -0.379 e. The van der Waals surface area contributed by atoms with Crippen molar-refractivity contribution in [3.63, 3.8) is 0 Å². The van der Waals surface area contributed by atoms with Crippen molar-refractivity contribution in [1.29, 1.82) is 0 Å². The Kier molecular flexibility index (Phi) is 12.0. The van der Waals surface area contributed by atoms with E-state index in [2.05, 4.69) is 41.0 Å². The third kappa shape index (κ3) is 7.90. The molecule has 0 aromatic carbocycles. The fourth-order valence-corrected chi connectivity index (χ4v) is 3.75. The summed E-state index contributed by atoms with van der Waals surface area (Å²) < 4.78 is 5.52. The van der Waals surface area contributed by atoms with Crippen LogP contribution in [-0.4, -0.2) is 74.8 Å². The van der Waals surface area contributed by atoms with Gasteiger partial charge in [0, 0.05) is 50.8 Å². The summed E-state index contributed by atoms with van der Waals surface area (Å²) in [4.78, 5) is 6.94. The van der Waals surface area contributed by atoms with Crippen LogP contribution in [0, 0.1) is 5.92 Å². The fraction of sp³-hybridized carbons (Fsp3) is 0.833. The molecule has 2 N–H and O–H groups in total. The Morgan fingerprint density at radius 1 is 1.29 bits per heavy atom. The first kappa shape index (κ1) is 21.3. The zero-order valence-corrected chi connectivity index (χ0v) is 16.5. The van der Waals surface area contributed by atoms with Gasteiger partial charge in [0.1, 0.15) is 0 Å². The Bertz CT molecular complexity index is 355. The molecule has 140 valence electrons. The van der Waals surface area contributed by atoms with E-state index in [9.17, 15) is 0 Å². The smallest absolute Gasteiger partial charge is 0.191 e. The number of hydrogen-bond donors (Lipinski definition) is 2. The highest BCUT2D eigenvalue weighted by atomic mass is 32.2. The summed E-state index contributed by atoms with van der Waals surface area (Å²) in [5.41, 5.74) is 0. The van der Waals surface area contributed by atoms with Crippen LogP contribution in [0.4, 0.5) is 0 Å². The molecule has 1 fully saturated rings. The van der Waals surface area contributed by atoms with E-state index in [0.717, 1.165) is 56.9 Å². The normalized spacial score (nSPS) is 17.8. The lowest BCUT2D eigenvalue weighted by Crippen LogP contribution is -2.53. The Hall–Kier alpha value is -0.720. The lowest BCUT2D eigenvalue weighted by atomic mass is 9.92. The molecule has 0 bridgehead atoms. The Labute approximate surface area is 152 Å². The van der Waals surface area contributed by atoms with Crippen molar-refractivity contribution in [2.24, 2.45) is 10.9 Å². The first-order valence-electron chi connectivity index (χ1n) is 9.21. The second kappa shape index (κ2) is 13.6. The van der Waals surface area contributed by atoms with Crippen molar-refractivity contribution >= 4 is 17.7 Å². The van der Waals surface area contributed by atoms with Gasteiger partial charge in [0.25, 0.3) is 0 Å². The highest BCUT2D eigenvalue weighted by Crippen LogP contribution is 2.19. The van der Waals surface area contributed by atoms with Crippen molar-refractivity contribution in [2.45, 2.75) is 32.7 Å². The Morgan fingerprint density at radius 3 is 2.58 bits per heavy atom. The molecule has 1 rings (SSSR count). The van der Waals surface area contributed by atoms with E-state index in [4.69, 9.17) is 4.74 Å². The van der Waals surface area contributed by atoms with E-state index < -0.39 is 0 Å². The third-order valence-electron chi connectivity index (χ3n) is 4.58. The van der Waals surface area contributed by atoms with E-state index in [0.29, 0.717) is 12.0 Å². The molecular weight excluding hydrogens is 320 g/mol. The molecule has 0 amide bonds. The summed E-state index contributed by atoms with van der Waals surface area (Å²) in [6.07, 6.45) is 4.37. The number of nitrogens with one attached hydrogen (secondary N) is 2. The number of rotatable bonds is 11. The van der Waals surface area contributed by atoms with Gasteiger partial charge in [0.15, 0.2) is 5.96 Å². The quantitative estimate of drug-likeness (QED) is 0.257. The van der Waals surface area contributed by atoms with Gasteiger partial charge >= 0.3 is 0 Å². The van der Waals surface area contributed by atoms with Crippen molar-refractivity contribution in [3.8, 4) is 0 Å². The van der Waals surface area contributed by atoms with Crippen LogP contribution >= 0.6 is 11.8 Å². The number of ether oxygens (including phenoxy) is 1. The number of hydrogen-bond acceptors (Lipinski definition) is 4. The zero-order chi connectivity index (χ0) is 17.6. The van der Waals surface area contributed by atoms with Crippen LogP contribution in [0.25, 0.3) is 0 Å². The van der Waals surface area contributed by atoms with Gasteiger partial charge in [-0.25, -0.2) is 0 Å². The predicted octanol–water partition coefficient (Wildman–Crippen LogP) is 2.21. The van der Waals surface area contributed by atoms with Crippen LogP contribution in [-0.2, 0) is 4.74 Å². The fourth-order valence-electron chi connectivity index (χ4n) is 3.17. The van der Waals surface area contributed by atoms with Gasteiger partial charge in [-0.1, -0.05) is 32.8 Å². The van der Waals surface area contributed by atoms with Crippen molar-refractivity contribution in [1.82, 2.24) is 15.5 Å². The molecule has 0 radical (unpaired) electrons. The van der Waals surface area contributed by atoms with E-state index >= 15 is 0 Å². The molecule has 0 aromatic heterocycles. The average molecular weight is 357 g/mol. The van der Waals surface area contributed by atoms with Crippen LogP contribution in [0.15, 0.2) is 17.6 Å². The Balaban J connectivity index is 2.47. The lowest BCUT2D eigenvalue weighted by Gasteiger charge is -2.39. The SMILES string of the molecule is C=CCSCCNC(=NC)NCC(C(CC)CC)N1CCOCC1. The summed E-state index contributed by atoms with van der Waals surface area (Å²) >= 11 is 1.88. The van der Waals surface area contributed by atoms with Crippen molar-refractivity contribution in [2.75, 3.05) is 57.9 Å². The molecule has 0 aromatic rings. The predicted molar refractivity (Wildman–Crippen MR) is 107 cm³/mol. The molecule has 0 aliphatic carbocycles. The highest BCUT2D eigenvalue weighted by molar-refractivity contribution is 7.99. The van der Waals surface area contributed by atoms with E-state index in [1.165, 1.54) is 12.8 Å². The largest absolute Gasteiger partial charge is 0.379 e. The van der Waals surface area contributed by atoms with Gasteiger partial charge < -0.3 is 15.4 Å². The van der Waals surface area contributed by atoms with Gasteiger partial charge in [-0.15, -0.1) is 6.58 Å². The number of aliphatic imine (C=N–C) groups is 1. The minimum absolute atomic E-state index is 0.539. The topological polar surface area (TPSA) is 48.9 Å². The molecule has 1 aliphatic rings. The second-order valence-corrected chi connectivity index (χ2v) is 7.19. The molecule has 5 nitrogen and oxygen atoms in total. The number of guanidine groups is 1. The van der Waals surface area contributed by atoms with Crippen LogP contribution in [0.2, 0.25) is 0 Å². The third-order valence-corrected chi connectivity index (χ3v) is 5.55. The summed E-state index contributed by atoms with van der Waals surface area (Å²) in [6.45, 7) is 14.0. The molecule has 0 spiro atoms. The van der Waals surface area contributed by atoms with Gasteiger partial charge in [-0.3, -0.25) is 9.89 Å². The molecule has 1 atom stereocenters. The van der Waals surface area contributed by atoms with Gasteiger partial charge in [-0.2, -0.15) is 11.8 Å². The first-order chi connectivity index (χ1) is 11.8. The van der Waals surface area contributed by atoms with Crippen LogP contribution < -0.4 is 10.6 Å². The molecule has 1 aliphatic heterocycles. The van der Waals surface area contributed by atoms with Gasteiger partial charge in [0.2, 0.25) is 0 Å². The summed E-state index contributed by atoms with van der Waals surface area (Å²) in [6, 6.07) is 0.539. The zero-order valence-electron chi connectivity index (χ0n) is 15.7. The molecule has 1 saturated heterocycles. The summed E-state index contributed by atoms with van der Waals surface area (Å²) in [5, 5.41) is 6.94. The molecule has 1 heterocycles. The number of thioether (sulfide) groups is 1.